The topological polar surface area (TPSA) is 131 Å². The highest BCUT2D eigenvalue weighted by Gasteiger charge is 2.17. The van der Waals surface area contributed by atoms with Gasteiger partial charge in [-0.3, -0.25) is 4.79 Å². The first kappa shape index (κ1) is 24.1. The zero-order valence-electron chi connectivity index (χ0n) is 18.8. The van der Waals surface area contributed by atoms with Crippen LogP contribution in [-0.2, 0) is 9.84 Å². The summed E-state index contributed by atoms with van der Waals surface area (Å²) in [5.41, 5.74) is 2.07. The van der Waals surface area contributed by atoms with E-state index in [1.165, 1.54) is 31.6 Å². The summed E-state index contributed by atoms with van der Waals surface area (Å²) in [5.74, 6) is 1.16. The molecular weight excluding hydrogens is 444 g/mol. The largest absolute Gasteiger partial charge is 0.494 e. The van der Waals surface area contributed by atoms with Crippen LogP contribution in [-0.4, -0.2) is 42.6 Å². The number of aliphatic hydroxyl groups excluding tert-OH is 1. The molecule has 9 nitrogen and oxygen atoms in total. The summed E-state index contributed by atoms with van der Waals surface area (Å²) >= 11 is 0. The number of para-hydroxylation sites is 1. The van der Waals surface area contributed by atoms with Gasteiger partial charge in [-0.05, 0) is 25.1 Å². The molecule has 0 spiro atoms. The lowest BCUT2D eigenvalue weighted by Crippen LogP contribution is -2.07. The summed E-state index contributed by atoms with van der Waals surface area (Å²) in [6.07, 6.45) is 3.39. The molecule has 3 N–H and O–H groups in total. The van der Waals surface area contributed by atoms with Gasteiger partial charge in [0, 0.05) is 36.7 Å². The molecule has 0 saturated carbocycles. The maximum Gasteiger partial charge on any atom is 0.177 e. The lowest BCUT2D eigenvalue weighted by atomic mass is 10.1. The van der Waals surface area contributed by atoms with Gasteiger partial charge in [0.05, 0.1) is 35.0 Å². The maximum absolute atomic E-state index is 12.5. The number of pyridine rings is 2. The van der Waals surface area contributed by atoms with E-state index in [0.29, 0.717) is 46.3 Å². The number of carbonyl (C=O) groups is 1. The normalized spacial score (nSPS) is 12.2. The van der Waals surface area contributed by atoms with Crippen molar-refractivity contribution in [2.75, 3.05) is 24.0 Å². The van der Waals surface area contributed by atoms with Gasteiger partial charge in [0.15, 0.2) is 15.6 Å². The molecule has 3 aromatic rings. The van der Waals surface area contributed by atoms with Gasteiger partial charge >= 0.3 is 0 Å². The van der Waals surface area contributed by atoms with E-state index in [-0.39, 0.29) is 10.7 Å². The number of nitrogens with zero attached hydrogens (tertiary/aromatic N) is 2. The average Bonchev–Trinajstić information content (AvgIpc) is 2.78. The first-order valence-corrected chi connectivity index (χ1v) is 12.1. The smallest absolute Gasteiger partial charge is 0.177 e. The summed E-state index contributed by atoms with van der Waals surface area (Å²) < 4.78 is 28.8. The molecule has 1 atom stereocenters. The SMILES string of the molecule is CCC(=O)c1cnc(Nc2ccc(S(C)(=O)=O)cn2)cc1Nc1cccc(C(C)O)c1OC. The molecular formula is C23H26N4O5S. The van der Waals surface area contributed by atoms with E-state index >= 15 is 0 Å². The second-order valence-corrected chi connectivity index (χ2v) is 9.41. The molecule has 3 rings (SSSR count). The fraction of sp³-hybridized carbons (Fsp3) is 0.261. The number of carbonyl (C=O) groups excluding carboxylic acids is 1. The van der Waals surface area contributed by atoms with Crippen LogP contribution in [0.1, 0.15) is 42.3 Å². The van der Waals surface area contributed by atoms with E-state index in [1.54, 1.807) is 38.1 Å². The Balaban J connectivity index is 1.98. The fourth-order valence-corrected chi connectivity index (χ4v) is 3.76. The highest BCUT2D eigenvalue weighted by Crippen LogP contribution is 2.36. The van der Waals surface area contributed by atoms with Crippen LogP contribution in [0.15, 0.2) is 53.7 Å². The van der Waals surface area contributed by atoms with E-state index in [4.69, 9.17) is 4.74 Å². The van der Waals surface area contributed by atoms with Crippen molar-refractivity contribution in [3.63, 3.8) is 0 Å². The Morgan fingerprint density at radius 3 is 2.39 bits per heavy atom. The highest BCUT2D eigenvalue weighted by atomic mass is 32.2. The third-order valence-electron chi connectivity index (χ3n) is 4.92. The lowest BCUT2D eigenvalue weighted by Gasteiger charge is -2.18. The molecule has 0 radical (unpaired) electrons. The number of ether oxygens (including phenoxy) is 1. The first-order chi connectivity index (χ1) is 15.6. The second-order valence-electron chi connectivity index (χ2n) is 7.40. The van der Waals surface area contributed by atoms with Crippen LogP contribution >= 0.6 is 0 Å². The van der Waals surface area contributed by atoms with Gasteiger partial charge in [-0.2, -0.15) is 0 Å². The molecule has 2 heterocycles. The van der Waals surface area contributed by atoms with Gasteiger partial charge in [0.2, 0.25) is 0 Å². The van der Waals surface area contributed by atoms with Crippen LogP contribution < -0.4 is 15.4 Å². The maximum atomic E-state index is 12.5. The molecule has 10 heteroatoms. The highest BCUT2D eigenvalue weighted by molar-refractivity contribution is 7.90. The zero-order valence-corrected chi connectivity index (χ0v) is 19.6. The molecule has 174 valence electrons. The first-order valence-electron chi connectivity index (χ1n) is 10.2. The predicted octanol–water partition coefficient (Wildman–Crippen LogP) is 4.02. The van der Waals surface area contributed by atoms with E-state index < -0.39 is 15.9 Å². The van der Waals surface area contributed by atoms with Crippen LogP contribution in [0, 0.1) is 0 Å². The lowest BCUT2D eigenvalue weighted by molar-refractivity contribution is 0.0988. The van der Waals surface area contributed by atoms with Gasteiger partial charge in [-0.15, -0.1) is 0 Å². The molecule has 1 aromatic carbocycles. The van der Waals surface area contributed by atoms with Gasteiger partial charge in [0.25, 0.3) is 0 Å². The van der Waals surface area contributed by atoms with Gasteiger partial charge in [-0.25, -0.2) is 18.4 Å². The average molecular weight is 471 g/mol. The van der Waals surface area contributed by atoms with Crippen molar-refractivity contribution in [1.82, 2.24) is 9.97 Å². The van der Waals surface area contributed by atoms with Crippen molar-refractivity contribution in [2.24, 2.45) is 0 Å². The number of Topliss-reactive ketones (excluding diaryl/α,β-unsaturated/α-hetero) is 1. The molecule has 1 unspecified atom stereocenters. The number of ketones is 1. The summed E-state index contributed by atoms with van der Waals surface area (Å²) in [5, 5.41) is 16.3. The summed E-state index contributed by atoms with van der Waals surface area (Å²) in [6, 6.07) is 9.96. The summed E-state index contributed by atoms with van der Waals surface area (Å²) in [4.78, 5) is 21.0. The fourth-order valence-electron chi connectivity index (χ4n) is 3.20. The minimum absolute atomic E-state index is 0.0992. The van der Waals surface area contributed by atoms with E-state index in [0.717, 1.165) is 6.26 Å². The number of aromatic nitrogens is 2. The molecule has 0 aliphatic heterocycles. The number of rotatable bonds is 9. The third kappa shape index (κ3) is 5.65. The standard InChI is InChI=1S/C23H26N4O5S/c1-5-20(29)17-13-25-22(27-21-10-9-15(12-24-21)33(4,30)31)11-19(17)26-18-8-6-7-16(14(2)28)23(18)32-3/h6-14,28H,5H2,1-4H3,(H2,24,25,26,27). The Morgan fingerprint density at radius 2 is 1.82 bits per heavy atom. The van der Waals surface area contributed by atoms with Crippen molar-refractivity contribution in [3.8, 4) is 5.75 Å². The molecule has 0 aliphatic rings. The summed E-state index contributed by atoms with van der Waals surface area (Å²) in [6.45, 7) is 3.41. The predicted molar refractivity (Wildman–Crippen MR) is 126 cm³/mol. The van der Waals surface area contributed by atoms with Crippen LogP contribution in [0.5, 0.6) is 5.75 Å². The monoisotopic (exact) mass is 470 g/mol. The van der Waals surface area contributed by atoms with Crippen molar-refractivity contribution >= 4 is 38.6 Å². The van der Waals surface area contributed by atoms with Crippen molar-refractivity contribution in [1.29, 1.82) is 0 Å². The number of benzene rings is 1. The molecule has 0 aliphatic carbocycles. The van der Waals surface area contributed by atoms with E-state index in [1.807, 2.05) is 0 Å². The summed E-state index contributed by atoms with van der Waals surface area (Å²) in [7, 11) is -1.84. The number of methoxy groups -OCH3 is 1. The molecule has 0 amide bonds. The Labute approximate surface area is 192 Å². The van der Waals surface area contributed by atoms with Gasteiger partial charge < -0.3 is 20.5 Å². The minimum Gasteiger partial charge on any atom is -0.494 e. The Morgan fingerprint density at radius 1 is 1.09 bits per heavy atom. The Bertz CT molecular complexity index is 1260. The molecule has 0 bridgehead atoms. The van der Waals surface area contributed by atoms with Crippen LogP contribution in [0.2, 0.25) is 0 Å². The number of hydrogen-bond acceptors (Lipinski definition) is 9. The molecule has 0 fully saturated rings. The number of hydrogen-bond donors (Lipinski definition) is 3. The van der Waals surface area contributed by atoms with E-state index in [2.05, 4.69) is 20.6 Å². The molecule has 2 aromatic heterocycles. The van der Waals surface area contributed by atoms with Crippen molar-refractivity contribution in [2.45, 2.75) is 31.3 Å². The van der Waals surface area contributed by atoms with Crippen LogP contribution in [0.4, 0.5) is 23.0 Å². The van der Waals surface area contributed by atoms with Crippen molar-refractivity contribution < 1.29 is 23.1 Å². The zero-order chi connectivity index (χ0) is 24.2. The number of sulfone groups is 1. The second kappa shape index (κ2) is 9.97. The molecule has 33 heavy (non-hydrogen) atoms. The third-order valence-corrected chi connectivity index (χ3v) is 6.01. The number of anilines is 4. The Hall–Kier alpha value is -3.50. The van der Waals surface area contributed by atoms with E-state index in [9.17, 15) is 18.3 Å². The number of aliphatic hydroxyl groups is 1. The van der Waals surface area contributed by atoms with Crippen LogP contribution in [0.3, 0.4) is 0 Å². The number of nitrogens with one attached hydrogen (secondary N) is 2. The quantitative estimate of drug-likeness (QED) is 0.397. The van der Waals surface area contributed by atoms with Crippen LogP contribution in [0.25, 0.3) is 0 Å². The van der Waals surface area contributed by atoms with Gasteiger partial charge in [0.1, 0.15) is 17.4 Å². The van der Waals surface area contributed by atoms with Gasteiger partial charge in [-0.1, -0.05) is 19.1 Å². The van der Waals surface area contributed by atoms with Crippen molar-refractivity contribution in [3.05, 3.63) is 59.9 Å². The minimum atomic E-state index is -3.35. The Kier molecular flexibility index (Phi) is 7.29. The molecule has 0 saturated heterocycles.